The quantitative estimate of drug-likeness (QED) is 0.870. The Morgan fingerprint density at radius 1 is 1.21 bits per heavy atom. The molecule has 0 aromatic heterocycles. The van der Waals surface area contributed by atoms with Gasteiger partial charge in [0.05, 0.1) is 6.04 Å². The first-order chi connectivity index (χ1) is 9.20. The monoisotopic (exact) mass is 258 g/mol. The molecule has 0 bridgehead atoms. The number of halogens is 1. The van der Waals surface area contributed by atoms with Crippen LogP contribution in [0.1, 0.15) is 17.2 Å². The highest BCUT2D eigenvalue weighted by molar-refractivity contribution is 5.56. The third-order valence-corrected chi connectivity index (χ3v) is 3.62. The van der Waals surface area contributed by atoms with E-state index in [1.54, 1.807) is 18.2 Å². The molecule has 19 heavy (non-hydrogen) atoms. The van der Waals surface area contributed by atoms with Crippen LogP contribution < -0.4 is 10.6 Å². The molecule has 0 fully saturated rings. The molecule has 0 amide bonds. The third kappa shape index (κ3) is 1.94. The molecule has 1 atom stereocenters. The number of phenolic OH excluding ortho intramolecular Hbond substituents is 1. The van der Waals surface area contributed by atoms with Gasteiger partial charge in [-0.15, -0.1) is 0 Å². The van der Waals surface area contributed by atoms with Gasteiger partial charge in [0.25, 0.3) is 0 Å². The Labute approximate surface area is 111 Å². The first kappa shape index (κ1) is 12.0. The summed E-state index contributed by atoms with van der Waals surface area (Å²) in [5, 5.41) is 9.34. The van der Waals surface area contributed by atoms with Crippen molar-refractivity contribution in [3.63, 3.8) is 0 Å². The van der Waals surface area contributed by atoms with E-state index < -0.39 is 0 Å². The molecular weight excluding hydrogens is 243 g/mol. The summed E-state index contributed by atoms with van der Waals surface area (Å²) in [6.07, 6.45) is 0. The highest BCUT2D eigenvalue weighted by Gasteiger charge is 2.31. The smallest absolute Gasteiger partial charge is 0.128 e. The van der Waals surface area contributed by atoms with Gasteiger partial charge in [-0.2, -0.15) is 0 Å². The van der Waals surface area contributed by atoms with Crippen molar-refractivity contribution in [3.05, 3.63) is 59.4 Å². The summed E-state index contributed by atoms with van der Waals surface area (Å²) in [5.74, 6) is 0.0353. The molecule has 3 nitrogen and oxygen atoms in total. The summed E-state index contributed by atoms with van der Waals surface area (Å²) >= 11 is 0. The summed E-state index contributed by atoms with van der Waals surface area (Å²) in [6, 6.07) is 12.0. The van der Waals surface area contributed by atoms with Crippen LogP contribution in [0, 0.1) is 5.82 Å². The lowest BCUT2D eigenvalue weighted by molar-refractivity contribution is 0.475. The lowest BCUT2D eigenvalue weighted by Gasteiger charge is -2.26. The molecule has 1 heterocycles. The molecule has 3 rings (SSSR count). The Kier molecular flexibility index (Phi) is 2.87. The van der Waals surface area contributed by atoms with E-state index in [4.69, 9.17) is 5.73 Å². The van der Waals surface area contributed by atoms with Crippen LogP contribution in [0.15, 0.2) is 42.5 Å². The van der Waals surface area contributed by atoms with Crippen LogP contribution in [0.4, 0.5) is 10.1 Å². The largest absolute Gasteiger partial charge is 0.508 e. The number of phenols is 1. The summed E-state index contributed by atoms with van der Waals surface area (Å²) < 4.78 is 13.8. The molecule has 98 valence electrons. The molecule has 1 aliphatic rings. The van der Waals surface area contributed by atoms with E-state index in [9.17, 15) is 9.50 Å². The number of rotatable bonds is 2. The zero-order valence-electron chi connectivity index (χ0n) is 10.4. The van der Waals surface area contributed by atoms with Crippen molar-refractivity contribution in [3.8, 4) is 5.75 Å². The van der Waals surface area contributed by atoms with Crippen molar-refractivity contribution in [1.82, 2.24) is 0 Å². The summed E-state index contributed by atoms with van der Waals surface area (Å²) in [4.78, 5) is 2.06. The Hall–Kier alpha value is -2.07. The van der Waals surface area contributed by atoms with Gasteiger partial charge in [-0.3, -0.25) is 0 Å². The van der Waals surface area contributed by atoms with Crippen LogP contribution >= 0.6 is 0 Å². The number of nitrogens with zero attached hydrogens (tertiary/aromatic N) is 1. The second kappa shape index (κ2) is 4.55. The molecule has 2 aromatic rings. The van der Waals surface area contributed by atoms with Gasteiger partial charge in [-0.05, 0) is 35.9 Å². The standard InChI is InChI=1S/C15H15FN2O/c16-14-3-1-2-12-13(14)9-18(15(12)8-17)10-4-6-11(19)7-5-10/h1-7,15,19H,8-9,17H2. The van der Waals surface area contributed by atoms with Crippen LogP contribution in [0.3, 0.4) is 0 Å². The zero-order valence-corrected chi connectivity index (χ0v) is 10.4. The van der Waals surface area contributed by atoms with Gasteiger partial charge in [0.15, 0.2) is 0 Å². The van der Waals surface area contributed by atoms with Crippen LogP contribution in [-0.4, -0.2) is 11.7 Å². The van der Waals surface area contributed by atoms with Crippen LogP contribution in [0.2, 0.25) is 0 Å². The Morgan fingerprint density at radius 2 is 1.95 bits per heavy atom. The minimum absolute atomic E-state index is 0.0183. The maximum absolute atomic E-state index is 13.8. The summed E-state index contributed by atoms with van der Waals surface area (Å²) in [6.45, 7) is 0.936. The Balaban J connectivity index is 2.02. The molecule has 0 saturated heterocycles. The first-order valence-electron chi connectivity index (χ1n) is 6.23. The van der Waals surface area contributed by atoms with E-state index in [0.29, 0.717) is 18.7 Å². The summed E-state index contributed by atoms with van der Waals surface area (Å²) in [7, 11) is 0. The van der Waals surface area contributed by atoms with Gasteiger partial charge in [-0.1, -0.05) is 12.1 Å². The average Bonchev–Trinajstić information content (AvgIpc) is 2.79. The second-order valence-electron chi connectivity index (χ2n) is 4.70. The van der Waals surface area contributed by atoms with Crippen molar-refractivity contribution in [2.45, 2.75) is 12.6 Å². The van der Waals surface area contributed by atoms with Gasteiger partial charge >= 0.3 is 0 Å². The minimum Gasteiger partial charge on any atom is -0.508 e. The fourth-order valence-electron chi connectivity index (χ4n) is 2.67. The predicted molar refractivity (Wildman–Crippen MR) is 72.5 cm³/mol. The Morgan fingerprint density at radius 3 is 2.63 bits per heavy atom. The average molecular weight is 258 g/mol. The van der Waals surface area contributed by atoms with Gasteiger partial charge in [-0.25, -0.2) is 4.39 Å². The van der Waals surface area contributed by atoms with E-state index in [1.807, 2.05) is 18.2 Å². The van der Waals surface area contributed by atoms with Crippen molar-refractivity contribution >= 4 is 5.69 Å². The van der Waals surface area contributed by atoms with Crippen LogP contribution in [0.25, 0.3) is 0 Å². The fraction of sp³-hybridized carbons (Fsp3) is 0.200. The molecule has 0 spiro atoms. The van der Waals surface area contributed by atoms with Crippen molar-refractivity contribution in [2.75, 3.05) is 11.4 Å². The van der Waals surface area contributed by atoms with Crippen LogP contribution in [0.5, 0.6) is 5.75 Å². The van der Waals surface area contributed by atoms with Gasteiger partial charge in [0.1, 0.15) is 11.6 Å². The zero-order chi connectivity index (χ0) is 13.4. The third-order valence-electron chi connectivity index (χ3n) is 3.62. The lowest BCUT2D eigenvalue weighted by Crippen LogP contribution is -2.27. The molecule has 0 radical (unpaired) electrons. The van der Waals surface area contributed by atoms with Crippen molar-refractivity contribution in [2.24, 2.45) is 5.73 Å². The molecule has 2 aromatic carbocycles. The first-order valence-corrected chi connectivity index (χ1v) is 6.23. The highest BCUT2D eigenvalue weighted by Crippen LogP contribution is 2.38. The van der Waals surface area contributed by atoms with Crippen LogP contribution in [-0.2, 0) is 6.54 Å². The predicted octanol–water partition coefficient (Wildman–Crippen LogP) is 2.55. The van der Waals surface area contributed by atoms with E-state index in [-0.39, 0.29) is 17.6 Å². The van der Waals surface area contributed by atoms with E-state index in [1.165, 1.54) is 6.07 Å². The van der Waals surface area contributed by atoms with E-state index in [0.717, 1.165) is 11.3 Å². The minimum atomic E-state index is -0.183. The SMILES string of the molecule is NCC1c2cccc(F)c2CN1c1ccc(O)cc1. The molecule has 3 N–H and O–H groups in total. The van der Waals surface area contributed by atoms with Crippen molar-refractivity contribution in [1.29, 1.82) is 0 Å². The number of anilines is 1. The van der Waals surface area contributed by atoms with Gasteiger partial charge in [0.2, 0.25) is 0 Å². The normalized spacial score (nSPS) is 17.6. The topological polar surface area (TPSA) is 49.5 Å². The van der Waals surface area contributed by atoms with E-state index in [2.05, 4.69) is 4.90 Å². The molecule has 0 aliphatic carbocycles. The molecule has 1 aliphatic heterocycles. The van der Waals surface area contributed by atoms with E-state index >= 15 is 0 Å². The molecule has 4 heteroatoms. The number of fused-ring (bicyclic) bond motifs is 1. The summed E-state index contributed by atoms with van der Waals surface area (Å²) in [5.41, 5.74) is 8.45. The second-order valence-corrected chi connectivity index (χ2v) is 4.70. The molecule has 0 saturated carbocycles. The van der Waals surface area contributed by atoms with Gasteiger partial charge in [0, 0.05) is 24.3 Å². The number of hydrogen-bond acceptors (Lipinski definition) is 3. The highest BCUT2D eigenvalue weighted by atomic mass is 19.1. The van der Waals surface area contributed by atoms with Crippen molar-refractivity contribution < 1.29 is 9.50 Å². The number of nitrogens with two attached hydrogens (primary N) is 1. The molecular formula is C15H15FN2O. The lowest BCUT2D eigenvalue weighted by atomic mass is 10.0. The maximum Gasteiger partial charge on any atom is 0.128 e. The molecule has 1 unspecified atom stereocenters. The number of hydrogen-bond donors (Lipinski definition) is 2. The number of aromatic hydroxyl groups is 1. The van der Waals surface area contributed by atoms with Gasteiger partial charge < -0.3 is 15.7 Å². The fourth-order valence-corrected chi connectivity index (χ4v) is 2.67. The Bertz CT molecular complexity index is 598. The number of benzene rings is 2. The maximum atomic E-state index is 13.8.